The molecule has 0 atom stereocenters. The van der Waals surface area contributed by atoms with Crippen LogP contribution in [0.5, 0.6) is 11.5 Å². The summed E-state index contributed by atoms with van der Waals surface area (Å²) >= 11 is 0. The van der Waals surface area contributed by atoms with Crippen LogP contribution in [0, 0.1) is 0 Å². The molecule has 0 heterocycles. The van der Waals surface area contributed by atoms with Crippen molar-refractivity contribution in [2.24, 2.45) is 0 Å². The third-order valence-electron chi connectivity index (χ3n) is 4.71. The van der Waals surface area contributed by atoms with Gasteiger partial charge in [-0.3, -0.25) is 9.59 Å². The quantitative estimate of drug-likeness (QED) is 0.376. The second-order valence-corrected chi connectivity index (χ2v) is 6.83. The van der Waals surface area contributed by atoms with E-state index in [1.807, 2.05) is 72.8 Å². The lowest BCUT2D eigenvalue weighted by atomic mass is 10.1. The van der Waals surface area contributed by atoms with Gasteiger partial charge in [0.25, 0.3) is 0 Å². The van der Waals surface area contributed by atoms with Crippen LogP contribution in [-0.2, 0) is 0 Å². The van der Waals surface area contributed by atoms with Crippen LogP contribution in [0.25, 0.3) is 10.8 Å². The van der Waals surface area contributed by atoms with Crippen LogP contribution in [0.15, 0.2) is 97.1 Å². The van der Waals surface area contributed by atoms with Gasteiger partial charge in [-0.2, -0.15) is 0 Å². The summed E-state index contributed by atoms with van der Waals surface area (Å²) in [7, 11) is 0. The Morgan fingerprint density at radius 2 is 0.933 bits per heavy atom. The van der Waals surface area contributed by atoms with Gasteiger partial charge in [-0.15, -0.1) is 0 Å². The highest BCUT2D eigenvalue weighted by Crippen LogP contribution is 2.25. The lowest BCUT2D eigenvalue weighted by Crippen LogP contribution is -2.11. The van der Waals surface area contributed by atoms with Crippen molar-refractivity contribution in [2.45, 2.75) is 0 Å². The van der Waals surface area contributed by atoms with Gasteiger partial charge >= 0.3 is 0 Å². The van der Waals surface area contributed by atoms with Gasteiger partial charge in [0.15, 0.2) is 24.8 Å². The number of Topliss-reactive ketones (excluding diaryl/α,β-unsaturated/α-hetero) is 2. The number of hydrogen-bond acceptors (Lipinski definition) is 4. The Bertz CT molecular complexity index is 1070. The Morgan fingerprint density at radius 1 is 0.533 bits per heavy atom. The number of ketones is 2. The van der Waals surface area contributed by atoms with E-state index in [9.17, 15) is 9.59 Å². The van der Waals surface area contributed by atoms with Crippen molar-refractivity contribution in [3.8, 4) is 11.5 Å². The molecule has 0 spiro atoms. The zero-order valence-electron chi connectivity index (χ0n) is 16.3. The normalized spacial score (nSPS) is 10.5. The lowest BCUT2D eigenvalue weighted by molar-refractivity contribution is 0.0915. The number of carbonyl (C=O) groups is 2. The van der Waals surface area contributed by atoms with Gasteiger partial charge < -0.3 is 9.47 Å². The van der Waals surface area contributed by atoms with Gasteiger partial charge in [-0.25, -0.2) is 0 Å². The molecule has 0 bridgehead atoms. The molecule has 0 saturated heterocycles. The molecule has 0 radical (unpaired) electrons. The standard InChI is InChI=1S/C26H20O4/c27-25(19-7-3-1-4-8-19)17-29-23-13-11-22-16-24(14-12-21(22)15-23)30-18-26(28)20-9-5-2-6-10-20/h1-16H,17-18H2. The van der Waals surface area contributed by atoms with E-state index in [4.69, 9.17) is 9.47 Å². The first kappa shape index (κ1) is 19.4. The van der Waals surface area contributed by atoms with Crippen molar-refractivity contribution in [3.63, 3.8) is 0 Å². The molecule has 4 aromatic carbocycles. The SMILES string of the molecule is O=C(COc1ccc2cc(OCC(=O)c3ccccc3)ccc2c1)c1ccccc1. The van der Waals surface area contributed by atoms with E-state index >= 15 is 0 Å². The Morgan fingerprint density at radius 3 is 1.33 bits per heavy atom. The van der Waals surface area contributed by atoms with Crippen LogP contribution >= 0.6 is 0 Å². The van der Waals surface area contributed by atoms with Crippen LogP contribution < -0.4 is 9.47 Å². The molecule has 4 heteroatoms. The van der Waals surface area contributed by atoms with E-state index in [2.05, 4.69) is 0 Å². The molecule has 30 heavy (non-hydrogen) atoms. The maximum atomic E-state index is 12.2. The van der Waals surface area contributed by atoms with E-state index in [1.165, 1.54) is 0 Å². The van der Waals surface area contributed by atoms with Crippen molar-refractivity contribution < 1.29 is 19.1 Å². The Labute approximate surface area is 174 Å². The number of carbonyl (C=O) groups excluding carboxylic acids is 2. The summed E-state index contributed by atoms with van der Waals surface area (Å²) in [6.45, 7) is -0.0311. The van der Waals surface area contributed by atoms with Crippen molar-refractivity contribution in [3.05, 3.63) is 108 Å². The van der Waals surface area contributed by atoms with E-state index in [0.717, 1.165) is 10.8 Å². The zero-order chi connectivity index (χ0) is 20.8. The molecule has 0 amide bonds. The number of benzene rings is 4. The van der Waals surface area contributed by atoms with Crippen LogP contribution in [0.3, 0.4) is 0 Å². The summed E-state index contributed by atoms with van der Waals surface area (Å²) in [5, 5.41) is 1.92. The first-order chi connectivity index (χ1) is 14.7. The van der Waals surface area contributed by atoms with Crippen LogP contribution in [0.2, 0.25) is 0 Å². The first-order valence-corrected chi connectivity index (χ1v) is 9.65. The zero-order valence-corrected chi connectivity index (χ0v) is 16.3. The topological polar surface area (TPSA) is 52.6 Å². The first-order valence-electron chi connectivity index (χ1n) is 9.65. The molecule has 0 unspecified atom stereocenters. The van der Waals surface area contributed by atoms with E-state index in [-0.39, 0.29) is 24.8 Å². The number of rotatable bonds is 8. The molecule has 0 aliphatic carbocycles. The highest BCUT2D eigenvalue weighted by molar-refractivity contribution is 5.97. The number of fused-ring (bicyclic) bond motifs is 1. The summed E-state index contributed by atoms with van der Waals surface area (Å²) in [6.07, 6.45) is 0. The molecule has 4 rings (SSSR count). The van der Waals surface area contributed by atoms with Crippen molar-refractivity contribution in [1.82, 2.24) is 0 Å². The average molecular weight is 396 g/mol. The van der Waals surface area contributed by atoms with Gasteiger partial charge in [0.1, 0.15) is 11.5 Å². The molecule has 4 aromatic rings. The molecule has 0 fully saturated rings. The summed E-state index contributed by atoms with van der Waals surface area (Å²) in [4.78, 5) is 24.4. The predicted molar refractivity (Wildman–Crippen MR) is 116 cm³/mol. The average Bonchev–Trinajstić information content (AvgIpc) is 2.82. The Kier molecular flexibility index (Phi) is 5.85. The Hall–Kier alpha value is -3.92. The fourth-order valence-corrected chi connectivity index (χ4v) is 3.09. The minimum absolute atomic E-state index is 0.0156. The van der Waals surface area contributed by atoms with Gasteiger partial charge in [0.05, 0.1) is 0 Å². The molecule has 0 saturated carbocycles. The third-order valence-corrected chi connectivity index (χ3v) is 4.71. The maximum Gasteiger partial charge on any atom is 0.200 e. The minimum atomic E-state index is -0.0671. The molecular formula is C26H20O4. The number of ether oxygens (including phenoxy) is 2. The Balaban J connectivity index is 1.38. The second-order valence-electron chi connectivity index (χ2n) is 6.83. The highest BCUT2D eigenvalue weighted by Gasteiger charge is 2.08. The van der Waals surface area contributed by atoms with E-state index < -0.39 is 0 Å². The molecule has 0 aliphatic heterocycles. The molecule has 4 nitrogen and oxygen atoms in total. The van der Waals surface area contributed by atoms with Crippen LogP contribution in [-0.4, -0.2) is 24.8 Å². The van der Waals surface area contributed by atoms with E-state index in [1.54, 1.807) is 24.3 Å². The molecule has 0 aliphatic rings. The summed E-state index contributed by atoms with van der Waals surface area (Å²) in [6, 6.07) is 29.4. The molecular weight excluding hydrogens is 376 g/mol. The summed E-state index contributed by atoms with van der Waals surface area (Å²) in [5.74, 6) is 1.12. The minimum Gasteiger partial charge on any atom is -0.485 e. The molecule has 0 N–H and O–H groups in total. The van der Waals surface area contributed by atoms with Gasteiger partial charge in [0.2, 0.25) is 0 Å². The smallest absolute Gasteiger partial charge is 0.200 e. The summed E-state index contributed by atoms with van der Waals surface area (Å²) < 4.78 is 11.3. The van der Waals surface area contributed by atoms with Gasteiger partial charge in [-0.1, -0.05) is 72.8 Å². The summed E-state index contributed by atoms with van der Waals surface area (Å²) in [5.41, 5.74) is 1.26. The van der Waals surface area contributed by atoms with Crippen molar-refractivity contribution >= 4 is 22.3 Å². The largest absolute Gasteiger partial charge is 0.485 e. The van der Waals surface area contributed by atoms with Gasteiger partial charge in [0, 0.05) is 11.1 Å². The molecule has 0 aromatic heterocycles. The number of hydrogen-bond donors (Lipinski definition) is 0. The van der Waals surface area contributed by atoms with Gasteiger partial charge in [-0.05, 0) is 35.0 Å². The second kappa shape index (κ2) is 9.05. The predicted octanol–water partition coefficient (Wildman–Crippen LogP) is 5.36. The van der Waals surface area contributed by atoms with Crippen LogP contribution in [0.4, 0.5) is 0 Å². The monoisotopic (exact) mass is 396 g/mol. The van der Waals surface area contributed by atoms with Crippen molar-refractivity contribution in [2.75, 3.05) is 13.2 Å². The van der Waals surface area contributed by atoms with Crippen LogP contribution in [0.1, 0.15) is 20.7 Å². The molecule has 148 valence electrons. The fraction of sp³-hybridized carbons (Fsp3) is 0.0769. The third kappa shape index (κ3) is 4.73. The fourth-order valence-electron chi connectivity index (χ4n) is 3.09. The highest BCUT2D eigenvalue weighted by atomic mass is 16.5. The lowest BCUT2D eigenvalue weighted by Gasteiger charge is -2.09. The van der Waals surface area contributed by atoms with Crippen molar-refractivity contribution in [1.29, 1.82) is 0 Å². The maximum absolute atomic E-state index is 12.2. The van der Waals surface area contributed by atoms with E-state index in [0.29, 0.717) is 22.6 Å².